The first kappa shape index (κ1) is 21.6. The van der Waals surface area contributed by atoms with Gasteiger partial charge in [0.1, 0.15) is 5.82 Å². The number of fused-ring (bicyclic) bond motifs is 3. The van der Waals surface area contributed by atoms with Gasteiger partial charge in [0.15, 0.2) is 0 Å². The molecule has 176 valence electrons. The third-order valence-electron chi connectivity index (χ3n) is 7.55. The van der Waals surface area contributed by atoms with Gasteiger partial charge in [0.05, 0.1) is 11.0 Å². The van der Waals surface area contributed by atoms with Gasteiger partial charge < -0.3 is 15.6 Å². The Hall–Kier alpha value is -3.93. The highest BCUT2D eigenvalue weighted by Crippen LogP contribution is 2.48. The number of carbonyl (C=O) groups excluding carboxylic acids is 2. The van der Waals surface area contributed by atoms with Crippen LogP contribution in [0.15, 0.2) is 66.7 Å². The van der Waals surface area contributed by atoms with Crippen molar-refractivity contribution in [2.45, 2.75) is 32.6 Å². The molecule has 35 heavy (non-hydrogen) atoms. The maximum atomic E-state index is 12.8. The fourth-order valence-corrected chi connectivity index (χ4v) is 5.64. The monoisotopic (exact) mass is 464 g/mol. The summed E-state index contributed by atoms with van der Waals surface area (Å²) >= 11 is 0. The minimum absolute atomic E-state index is 0.138. The average molecular weight is 465 g/mol. The molecule has 2 aliphatic carbocycles. The molecule has 6 heteroatoms. The Morgan fingerprint density at radius 3 is 2.37 bits per heavy atom. The average Bonchev–Trinajstić information content (AvgIpc) is 3.60. The molecular weight excluding hydrogens is 436 g/mol. The Kier molecular flexibility index (Phi) is 5.36. The molecule has 0 saturated heterocycles. The molecule has 6 nitrogen and oxygen atoms in total. The first-order chi connectivity index (χ1) is 17.0. The number of aromatic nitrogens is 2. The summed E-state index contributed by atoms with van der Waals surface area (Å²) in [5.41, 5.74) is 5.90. The van der Waals surface area contributed by atoms with Gasteiger partial charge in [-0.3, -0.25) is 9.59 Å². The summed E-state index contributed by atoms with van der Waals surface area (Å²) < 4.78 is 0. The number of rotatable bonds is 5. The molecule has 2 aliphatic rings. The van der Waals surface area contributed by atoms with E-state index < -0.39 is 0 Å². The van der Waals surface area contributed by atoms with Crippen molar-refractivity contribution in [2.75, 3.05) is 10.6 Å². The molecule has 6 rings (SSSR count). The van der Waals surface area contributed by atoms with Crippen LogP contribution in [0.1, 0.15) is 41.6 Å². The van der Waals surface area contributed by atoms with Gasteiger partial charge in [-0.05, 0) is 92.6 Å². The van der Waals surface area contributed by atoms with E-state index in [9.17, 15) is 9.59 Å². The maximum Gasteiger partial charge on any atom is 0.255 e. The third-order valence-corrected chi connectivity index (χ3v) is 7.55. The minimum atomic E-state index is -0.138. The van der Waals surface area contributed by atoms with Crippen LogP contribution < -0.4 is 10.6 Å². The number of aromatic amines is 1. The Labute approximate surface area is 204 Å². The number of hydrogen-bond acceptors (Lipinski definition) is 3. The molecule has 1 heterocycles. The molecule has 0 radical (unpaired) electrons. The van der Waals surface area contributed by atoms with Gasteiger partial charge in [-0.25, -0.2) is 4.98 Å². The number of carbonyl (C=O) groups is 2. The summed E-state index contributed by atoms with van der Waals surface area (Å²) in [5, 5.41) is 6.06. The number of aryl methyl sites for hydroxylation is 1. The number of H-pyrrole nitrogens is 1. The summed E-state index contributed by atoms with van der Waals surface area (Å²) in [6, 6.07) is 20.9. The van der Waals surface area contributed by atoms with Crippen molar-refractivity contribution >= 4 is 34.2 Å². The fourth-order valence-electron chi connectivity index (χ4n) is 5.64. The summed E-state index contributed by atoms with van der Waals surface area (Å²) in [5.74, 6) is 2.23. The van der Waals surface area contributed by atoms with Crippen LogP contribution in [0.5, 0.6) is 0 Å². The predicted molar refractivity (Wildman–Crippen MR) is 138 cm³/mol. The lowest BCUT2D eigenvalue weighted by molar-refractivity contribution is -0.121. The lowest BCUT2D eigenvalue weighted by atomic mass is 9.88. The zero-order chi connectivity index (χ0) is 23.9. The molecule has 3 atom stereocenters. The van der Waals surface area contributed by atoms with Crippen molar-refractivity contribution in [3.05, 3.63) is 77.9 Å². The highest BCUT2D eigenvalue weighted by Gasteiger charge is 2.43. The van der Waals surface area contributed by atoms with Crippen LogP contribution in [0.3, 0.4) is 0 Å². The van der Waals surface area contributed by atoms with Gasteiger partial charge in [-0.2, -0.15) is 0 Å². The van der Waals surface area contributed by atoms with E-state index in [1.807, 2.05) is 73.7 Å². The smallest absolute Gasteiger partial charge is 0.255 e. The van der Waals surface area contributed by atoms with Crippen LogP contribution in [0.25, 0.3) is 22.4 Å². The third kappa shape index (κ3) is 4.32. The van der Waals surface area contributed by atoms with Crippen molar-refractivity contribution in [1.29, 1.82) is 0 Å². The SMILES string of the molecule is Cc1ccc(C(=O)Nc2ccc(-c3nc4ccc(NC(=O)C5CC6CCC5C6)cc4[nH]3)cc2)cc1. The van der Waals surface area contributed by atoms with Crippen LogP contribution >= 0.6 is 0 Å². The van der Waals surface area contributed by atoms with E-state index in [4.69, 9.17) is 4.98 Å². The van der Waals surface area contributed by atoms with Crippen molar-refractivity contribution < 1.29 is 9.59 Å². The molecular formula is C29H28N4O2. The Morgan fingerprint density at radius 1 is 0.886 bits per heavy atom. The van der Waals surface area contributed by atoms with Crippen LogP contribution in [-0.2, 0) is 4.79 Å². The van der Waals surface area contributed by atoms with E-state index in [0.717, 1.165) is 51.7 Å². The van der Waals surface area contributed by atoms with E-state index in [-0.39, 0.29) is 17.7 Å². The highest BCUT2D eigenvalue weighted by molar-refractivity contribution is 6.04. The summed E-state index contributed by atoms with van der Waals surface area (Å²) in [6.07, 6.45) is 4.74. The Morgan fingerprint density at radius 2 is 1.66 bits per heavy atom. The van der Waals surface area contributed by atoms with Crippen LogP contribution in [0, 0.1) is 24.7 Å². The number of anilines is 2. The topological polar surface area (TPSA) is 86.9 Å². The number of hydrogen-bond donors (Lipinski definition) is 3. The number of imidazole rings is 1. The second-order valence-electron chi connectivity index (χ2n) is 9.99. The lowest BCUT2D eigenvalue weighted by Crippen LogP contribution is -2.27. The molecule has 4 aromatic rings. The Bertz CT molecular complexity index is 1410. The summed E-state index contributed by atoms with van der Waals surface area (Å²) in [4.78, 5) is 33.3. The summed E-state index contributed by atoms with van der Waals surface area (Å²) in [7, 11) is 0. The zero-order valence-corrected chi connectivity index (χ0v) is 19.7. The van der Waals surface area contributed by atoms with Crippen LogP contribution in [0.4, 0.5) is 11.4 Å². The van der Waals surface area contributed by atoms with Gasteiger partial charge in [0, 0.05) is 28.4 Å². The van der Waals surface area contributed by atoms with Gasteiger partial charge in [0.2, 0.25) is 5.91 Å². The van der Waals surface area contributed by atoms with Crippen molar-refractivity contribution in [1.82, 2.24) is 9.97 Å². The maximum absolute atomic E-state index is 12.8. The van der Waals surface area contributed by atoms with Gasteiger partial charge in [-0.1, -0.05) is 24.1 Å². The number of benzene rings is 3. The first-order valence-corrected chi connectivity index (χ1v) is 12.3. The zero-order valence-electron chi connectivity index (χ0n) is 19.7. The lowest BCUT2D eigenvalue weighted by Gasteiger charge is -2.20. The quantitative estimate of drug-likeness (QED) is 0.330. The van der Waals surface area contributed by atoms with E-state index in [0.29, 0.717) is 11.5 Å². The molecule has 0 aliphatic heterocycles. The molecule has 1 aromatic heterocycles. The molecule has 3 unspecified atom stereocenters. The standard InChI is InChI=1S/C29H28N4O2/c1-17-2-5-20(6-3-17)28(34)30-22-10-8-19(9-11-22)27-32-25-13-12-23(16-26(25)33-27)31-29(35)24-15-18-4-7-21(24)14-18/h2-3,5-6,8-13,16,18,21,24H,4,7,14-15H2,1H3,(H,30,34)(H,31,35)(H,32,33). The number of nitrogens with one attached hydrogen (secondary N) is 3. The molecule has 2 saturated carbocycles. The predicted octanol–water partition coefficient (Wildman–Crippen LogP) is 6.17. The minimum Gasteiger partial charge on any atom is -0.338 e. The molecule has 2 bridgehead atoms. The molecule has 2 fully saturated rings. The van der Waals surface area contributed by atoms with Gasteiger partial charge in [0.25, 0.3) is 5.91 Å². The van der Waals surface area contributed by atoms with E-state index in [1.54, 1.807) is 0 Å². The van der Waals surface area contributed by atoms with Crippen LogP contribution in [-0.4, -0.2) is 21.8 Å². The van der Waals surface area contributed by atoms with Crippen molar-refractivity contribution in [3.63, 3.8) is 0 Å². The largest absolute Gasteiger partial charge is 0.338 e. The second kappa shape index (κ2) is 8.69. The summed E-state index contributed by atoms with van der Waals surface area (Å²) in [6.45, 7) is 1.99. The molecule has 2 amide bonds. The Balaban J connectivity index is 1.14. The van der Waals surface area contributed by atoms with Crippen molar-refractivity contribution in [3.8, 4) is 11.4 Å². The highest BCUT2D eigenvalue weighted by atomic mass is 16.2. The van der Waals surface area contributed by atoms with E-state index in [2.05, 4.69) is 15.6 Å². The molecule has 3 N–H and O–H groups in total. The molecule has 0 spiro atoms. The number of nitrogens with zero attached hydrogens (tertiary/aromatic N) is 1. The van der Waals surface area contributed by atoms with Gasteiger partial charge >= 0.3 is 0 Å². The fraction of sp³-hybridized carbons (Fsp3) is 0.276. The second-order valence-corrected chi connectivity index (χ2v) is 9.99. The van der Waals surface area contributed by atoms with Crippen molar-refractivity contribution in [2.24, 2.45) is 17.8 Å². The van der Waals surface area contributed by atoms with Gasteiger partial charge in [-0.15, -0.1) is 0 Å². The van der Waals surface area contributed by atoms with E-state index >= 15 is 0 Å². The van der Waals surface area contributed by atoms with E-state index in [1.165, 1.54) is 19.3 Å². The van der Waals surface area contributed by atoms with Crippen LogP contribution in [0.2, 0.25) is 0 Å². The molecule has 3 aromatic carbocycles. The first-order valence-electron chi connectivity index (χ1n) is 12.3. The normalized spacial score (nSPS) is 20.8. The number of amides is 2.